The highest BCUT2D eigenvalue weighted by Gasteiger charge is 2.35. The van der Waals surface area contributed by atoms with Gasteiger partial charge < -0.3 is 9.64 Å². The molecule has 0 radical (unpaired) electrons. The molecule has 0 spiro atoms. The van der Waals surface area contributed by atoms with E-state index in [0.717, 1.165) is 19.1 Å². The van der Waals surface area contributed by atoms with Crippen LogP contribution in [0, 0.1) is 0 Å². The molecule has 1 unspecified atom stereocenters. The maximum absolute atomic E-state index is 12.4. The van der Waals surface area contributed by atoms with Gasteiger partial charge in [-0.1, -0.05) is 6.42 Å². The fourth-order valence-electron chi connectivity index (χ4n) is 2.48. The summed E-state index contributed by atoms with van der Waals surface area (Å²) < 4.78 is 29.3. The molecule has 1 saturated heterocycles. The summed E-state index contributed by atoms with van der Waals surface area (Å²) in [5.41, 5.74) is 0. The molecule has 21 heavy (non-hydrogen) atoms. The highest BCUT2D eigenvalue weighted by atomic mass is 32.2. The zero-order valence-corrected chi connectivity index (χ0v) is 13.7. The van der Waals surface area contributed by atoms with Crippen LogP contribution in [0.5, 0.6) is 0 Å². The third kappa shape index (κ3) is 5.28. The fraction of sp³-hybridized carbons (Fsp3) is 0.846. The maximum atomic E-state index is 12.4. The standard InChI is InChI=1S/C13H24N2O5S/c1-14(9-6-8-12(16)20-2)13(17)11-7-4-5-10-15(11)21(3,18)19/h11H,4-10H2,1-3H3. The summed E-state index contributed by atoms with van der Waals surface area (Å²) in [4.78, 5) is 24.9. The van der Waals surface area contributed by atoms with Crippen LogP contribution in [-0.2, 0) is 24.3 Å². The Morgan fingerprint density at radius 2 is 2.00 bits per heavy atom. The van der Waals surface area contributed by atoms with Crippen LogP contribution < -0.4 is 0 Å². The zero-order chi connectivity index (χ0) is 16.0. The molecule has 0 aromatic heterocycles. The summed E-state index contributed by atoms with van der Waals surface area (Å²) in [6.45, 7) is 0.799. The first kappa shape index (κ1) is 17.9. The number of piperidine rings is 1. The Labute approximate surface area is 126 Å². The lowest BCUT2D eigenvalue weighted by Crippen LogP contribution is -2.52. The van der Waals surface area contributed by atoms with Gasteiger partial charge in [-0.05, 0) is 19.3 Å². The minimum atomic E-state index is -3.38. The SMILES string of the molecule is COC(=O)CCCN(C)C(=O)C1CCCCN1S(C)(=O)=O. The number of hydrogen-bond acceptors (Lipinski definition) is 5. The predicted molar refractivity (Wildman–Crippen MR) is 78.1 cm³/mol. The molecule has 1 aliphatic heterocycles. The summed E-state index contributed by atoms with van der Waals surface area (Å²) >= 11 is 0. The monoisotopic (exact) mass is 320 g/mol. The number of likely N-dealkylation sites (N-methyl/N-ethyl adjacent to an activating group) is 1. The Morgan fingerprint density at radius 1 is 1.33 bits per heavy atom. The molecule has 0 N–H and O–H groups in total. The van der Waals surface area contributed by atoms with Crippen molar-refractivity contribution < 1.29 is 22.7 Å². The van der Waals surface area contributed by atoms with Crippen molar-refractivity contribution in [3.8, 4) is 0 Å². The van der Waals surface area contributed by atoms with Crippen molar-refractivity contribution >= 4 is 21.9 Å². The van der Waals surface area contributed by atoms with Crippen LogP contribution in [-0.4, -0.2) is 69.0 Å². The fourth-order valence-corrected chi connectivity index (χ4v) is 3.59. The van der Waals surface area contributed by atoms with E-state index in [1.54, 1.807) is 7.05 Å². The molecule has 0 aromatic carbocycles. The number of ether oxygens (including phenoxy) is 1. The van der Waals surface area contributed by atoms with Gasteiger partial charge in [-0.2, -0.15) is 4.31 Å². The van der Waals surface area contributed by atoms with Crippen LogP contribution in [0.15, 0.2) is 0 Å². The van der Waals surface area contributed by atoms with E-state index in [0.29, 0.717) is 25.9 Å². The van der Waals surface area contributed by atoms with E-state index >= 15 is 0 Å². The molecule has 1 aliphatic rings. The van der Waals surface area contributed by atoms with Gasteiger partial charge in [-0.25, -0.2) is 8.42 Å². The van der Waals surface area contributed by atoms with Gasteiger partial charge in [0.1, 0.15) is 6.04 Å². The number of amides is 1. The second kappa shape index (κ2) is 7.74. The Morgan fingerprint density at radius 3 is 2.57 bits per heavy atom. The molecule has 0 aliphatic carbocycles. The number of rotatable bonds is 6. The summed E-state index contributed by atoms with van der Waals surface area (Å²) in [6.07, 6.45) is 4.06. The second-order valence-corrected chi connectivity index (χ2v) is 7.26. The lowest BCUT2D eigenvalue weighted by molar-refractivity contribution is -0.141. The minimum absolute atomic E-state index is 0.204. The van der Waals surface area contributed by atoms with Crippen LogP contribution in [0.3, 0.4) is 0 Å². The van der Waals surface area contributed by atoms with E-state index in [2.05, 4.69) is 4.74 Å². The molecule has 0 aromatic rings. The highest BCUT2D eigenvalue weighted by Crippen LogP contribution is 2.21. The first-order valence-electron chi connectivity index (χ1n) is 7.06. The van der Waals surface area contributed by atoms with Crippen molar-refractivity contribution in [2.45, 2.75) is 38.1 Å². The lowest BCUT2D eigenvalue weighted by Gasteiger charge is -2.35. The lowest BCUT2D eigenvalue weighted by atomic mass is 10.0. The molecule has 8 heteroatoms. The smallest absolute Gasteiger partial charge is 0.305 e. The van der Waals surface area contributed by atoms with Gasteiger partial charge in [-0.3, -0.25) is 9.59 Å². The van der Waals surface area contributed by atoms with E-state index in [4.69, 9.17) is 0 Å². The van der Waals surface area contributed by atoms with Crippen molar-refractivity contribution in [3.63, 3.8) is 0 Å². The average molecular weight is 320 g/mol. The molecular weight excluding hydrogens is 296 g/mol. The van der Waals surface area contributed by atoms with Gasteiger partial charge in [0, 0.05) is 26.6 Å². The second-order valence-electron chi connectivity index (χ2n) is 5.32. The number of methoxy groups -OCH3 is 1. The minimum Gasteiger partial charge on any atom is -0.469 e. The molecule has 7 nitrogen and oxygen atoms in total. The Bertz CT molecular complexity index is 477. The summed E-state index contributed by atoms with van der Waals surface area (Å²) in [6, 6.07) is -0.614. The topological polar surface area (TPSA) is 84.0 Å². The number of carbonyl (C=O) groups is 2. The Kier molecular flexibility index (Phi) is 6.60. The van der Waals surface area contributed by atoms with Crippen molar-refractivity contribution in [2.75, 3.05) is 33.5 Å². The third-order valence-electron chi connectivity index (χ3n) is 3.64. The van der Waals surface area contributed by atoms with Crippen molar-refractivity contribution in [2.24, 2.45) is 0 Å². The van der Waals surface area contributed by atoms with E-state index in [-0.39, 0.29) is 18.3 Å². The third-order valence-corrected chi connectivity index (χ3v) is 4.93. The van der Waals surface area contributed by atoms with Crippen LogP contribution in [0.4, 0.5) is 0 Å². The number of hydrogen-bond donors (Lipinski definition) is 0. The van der Waals surface area contributed by atoms with Crippen LogP contribution in [0.25, 0.3) is 0 Å². The van der Waals surface area contributed by atoms with E-state index in [9.17, 15) is 18.0 Å². The molecule has 0 saturated carbocycles. The molecule has 1 amide bonds. The first-order chi connectivity index (χ1) is 9.77. The largest absolute Gasteiger partial charge is 0.469 e. The molecule has 122 valence electrons. The van der Waals surface area contributed by atoms with Gasteiger partial charge >= 0.3 is 5.97 Å². The zero-order valence-electron chi connectivity index (χ0n) is 12.9. The van der Waals surface area contributed by atoms with Crippen LogP contribution in [0.2, 0.25) is 0 Å². The van der Waals surface area contributed by atoms with Gasteiger partial charge in [0.2, 0.25) is 15.9 Å². The van der Waals surface area contributed by atoms with E-state index in [1.807, 2.05) is 0 Å². The molecule has 1 heterocycles. The molecule has 1 rings (SSSR count). The number of carbonyl (C=O) groups excluding carboxylic acids is 2. The molecule has 1 fully saturated rings. The van der Waals surface area contributed by atoms with Gasteiger partial charge in [0.05, 0.1) is 13.4 Å². The number of esters is 1. The summed E-state index contributed by atoms with van der Waals surface area (Å²) in [5, 5.41) is 0. The number of sulfonamides is 1. The van der Waals surface area contributed by atoms with Crippen molar-refractivity contribution in [1.29, 1.82) is 0 Å². The maximum Gasteiger partial charge on any atom is 0.305 e. The van der Waals surface area contributed by atoms with E-state index < -0.39 is 16.1 Å². The predicted octanol–water partition coefficient (Wildman–Crippen LogP) is 0.212. The molecular formula is C13H24N2O5S. The number of nitrogens with zero attached hydrogens (tertiary/aromatic N) is 2. The van der Waals surface area contributed by atoms with Crippen LogP contribution in [0.1, 0.15) is 32.1 Å². The summed E-state index contributed by atoms with van der Waals surface area (Å²) in [7, 11) is -0.424. The highest BCUT2D eigenvalue weighted by molar-refractivity contribution is 7.88. The average Bonchev–Trinajstić information content (AvgIpc) is 2.45. The summed E-state index contributed by atoms with van der Waals surface area (Å²) in [5.74, 6) is -0.517. The Balaban J connectivity index is 2.60. The van der Waals surface area contributed by atoms with Crippen LogP contribution >= 0.6 is 0 Å². The quantitative estimate of drug-likeness (QED) is 0.653. The first-order valence-corrected chi connectivity index (χ1v) is 8.91. The normalized spacial score (nSPS) is 20.0. The molecule has 0 bridgehead atoms. The van der Waals surface area contributed by atoms with Gasteiger partial charge in [-0.15, -0.1) is 0 Å². The Hall–Kier alpha value is -1.15. The van der Waals surface area contributed by atoms with Crippen molar-refractivity contribution in [3.05, 3.63) is 0 Å². The van der Waals surface area contributed by atoms with Crippen molar-refractivity contribution in [1.82, 2.24) is 9.21 Å². The van der Waals surface area contributed by atoms with E-state index in [1.165, 1.54) is 16.3 Å². The molecule has 1 atom stereocenters. The van der Waals surface area contributed by atoms with Gasteiger partial charge in [0.15, 0.2) is 0 Å². The van der Waals surface area contributed by atoms with Gasteiger partial charge in [0.25, 0.3) is 0 Å².